The summed E-state index contributed by atoms with van der Waals surface area (Å²) in [7, 11) is 0. The Hall–Kier alpha value is -2.57. The van der Waals surface area contributed by atoms with Crippen LogP contribution < -0.4 is 5.32 Å². The quantitative estimate of drug-likeness (QED) is 0.437. The molecule has 6 heteroatoms. The molecule has 0 unspecified atom stereocenters. The second kappa shape index (κ2) is 8.88. The zero-order valence-corrected chi connectivity index (χ0v) is 16.7. The number of esters is 1. The van der Waals surface area contributed by atoms with Crippen LogP contribution in [0.4, 0.5) is 5.69 Å². The SMILES string of the molecule is CCOC(=O)c1sc(-c2ccccc2)cc1NC(=O)c1cccc(SC)c1. The maximum Gasteiger partial charge on any atom is 0.350 e. The Bertz CT molecular complexity index is 951. The van der Waals surface area contributed by atoms with Crippen LogP contribution in [0.1, 0.15) is 27.0 Å². The Balaban J connectivity index is 1.93. The number of ether oxygens (including phenoxy) is 1. The van der Waals surface area contributed by atoms with Crippen molar-refractivity contribution in [1.29, 1.82) is 0 Å². The number of rotatable bonds is 6. The van der Waals surface area contributed by atoms with Gasteiger partial charge < -0.3 is 10.1 Å². The molecule has 0 fully saturated rings. The molecule has 1 aromatic heterocycles. The van der Waals surface area contributed by atoms with Gasteiger partial charge in [0.2, 0.25) is 0 Å². The van der Waals surface area contributed by atoms with E-state index in [1.54, 1.807) is 24.8 Å². The van der Waals surface area contributed by atoms with Crippen LogP contribution in [0.3, 0.4) is 0 Å². The lowest BCUT2D eigenvalue weighted by molar-refractivity contribution is 0.0533. The summed E-state index contributed by atoms with van der Waals surface area (Å²) in [5.41, 5.74) is 2.00. The molecule has 138 valence electrons. The van der Waals surface area contributed by atoms with Crippen molar-refractivity contribution >= 4 is 40.7 Å². The molecule has 3 rings (SSSR count). The Kier molecular flexibility index (Phi) is 6.32. The van der Waals surface area contributed by atoms with Crippen LogP contribution in [0.5, 0.6) is 0 Å². The molecule has 0 radical (unpaired) electrons. The minimum Gasteiger partial charge on any atom is -0.462 e. The van der Waals surface area contributed by atoms with Crippen LogP contribution in [0.15, 0.2) is 65.6 Å². The molecule has 0 atom stereocenters. The maximum absolute atomic E-state index is 12.7. The van der Waals surface area contributed by atoms with E-state index in [-0.39, 0.29) is 12.5 Å². The van der Waals surface area contributed by atoms with Crippen molar-refractivity contribution in [3.05, 3.63) is 71.1 Å². The van der Waals surface area contributed by atoms with Gasteiger partial charge >= 0.3 is 5.97 Å². The first-order chi connectivity index (χ1) is 13.1. The highest BCUT2D eigenvalue weighted by atomic mass is 32.2. The molecule has 0 aliphatic rings. The molecule has 0 aliphatic carbocycles. The van der Waals surface area contributed by atoms with Gasteiger partial charge in [-0.1, -0.05) is 36.4 Å². The van der Waals surface area contributed by atoms with E-state index in [1.165, 1.54) is 11.3 Å². The lowest BCUT2D eigenvalue weighted by Gasteiger charge is -2.07. The lowest BCUT2D eigenvalue weighted by Crippen LogP contribution is -2.14. The van der Waals surface area contributed by atoms with Gasteiger partial charge in [-0.05, 0) is 43.0 Å². The number of thiophene rings is 1. The van der Waals surface area contributed by atoms with Crippen LogP contribution in [0.2, 0.25) is 0 Å². The number of hydrogen-bond donors (Lipinski definition) is 1. The largest absolute Gasteiger partial charge is 0.462 e. The fourth-order valence-electron chi connectivity index (χ4n) is 2.54. The summed E-state index contributed by atoms with van der Waals surface area (Å²) in [5.74, 6) is -0.688. The van der Waals surface area contributed by atoms with Gasteiger partial charge in [-0.25, -0.2) is 4.79 Å². The van der Waals surface area contributed by atoms with Crippen LogP contribution in [-0.4, -0.2) is 24.7 Å². The first-order valence-electron chi connectivity index (χ1n) is 8.44. The average molecular weight is 398 g/mol. The Morgan fingerprint density at radius 2 is 1.85 bits per heavy atom. The van der Waals surface area contributed by atoms with Crippen molar-refractivity contribution in [1.82, 2.24) is 0 Å². The van der Waals surface area contributed by atoms with E-state index in [2.05, 4.69) is 5.32 Å². The van der Waals surface area contributed by atoms with E-state index >= 15 is 0 Å². The summed E-state index contributed by atoms with van der Waals surface area (Å²) in [6, 6.07) is 18.9. The number of thioether (sulfide) groups is 1. The van der Waals surface area contributed by atoms with Gasteiger partial charge in [0, 0.05) is 15.3 Å². The summed E-state index contributed by atoms with van der Waals surface area (Å²) in [6.45, 7) is 2.04. The van der Waals surface area contributed by atoms with Crippen LogP contribution in [0, 0.1) is 0 Å². The van der Waals surface area contributed by atoms with Crippen molar-refractivity contribution in [3.63, 3.8) is 0 Å². The van der Waals surface area contributed by atoms with Gasteiger partial charge in [0.1, 0.15) is 4.88 Å². The van der Waals surface area contributed by atoms with Gasteiger partial charge in [0.15, 0.2) is 0 Å². The van der Waals surface area contributed by atoms with Crippen LogP contribution >= 0.6 is 23.1 Å². The minimum absolute atomic E-state index is 0.256. The van der Waals surface area contributed by atoms with E-state index in [9.17, 15) is 9.59 Å². The minimum atomic E-state index is -0.433. The van der Waals surface area contributed by atoms with Crippen molar-refractivity contribution in [2.75, 3.05) is 18.2 Å². The number of nitrogens with one attached hydrogen (secondary N) is 1. The summed E-state index contributed by atoms with van der Waals surface area (Å²) < 4.78 is 5.16. The third-order valence-electron chi connectivity index (χ3n) is 3.83. The molecule has 0 aliphatic heterocycles. The summed E-state index contributed by atoms with van der Waals surface area (Å²) in [6.07, 6.45) is 1.96. The average Bonchev–Trinajstić information content (AvgIpc) is 3.13. The van der Waals surface area contributed by atoms with Crippen molar-refractivity contribution in [3.8, 4) is 10.4 Å². The normalized spacial score (nSPS) is 10.4. The predicted molar refractivity (Wildman–Crippen MR) is 112 cm³/mol. The number of benzene rings is 2. The summed E-state index contributed by atoms with van der Waals surface area (Å²) in [5, 5.41) is 2.87. The first-order valence-corrected chi connectivity index (χ1v) is 10.5. The molecular formula is C21H19NO3S2. The van der Waals surface area contributed by atoms with Crippen LogP contribution in [0.25, 0.3) is 10.4 Å². The monoisotopic (exact) mass is 397 g/mol. The highest BCUT2D eigenvalue weighted by Crippen LogP contribution is 2.35. The fraction of sp³-hybridized carbons (Fsp3) is 0.143. The second-order valence-electron chi connectivity index (χ2n) is 5.63. The van der Waals surface area contributed by atoms with Gasteiger partial charge in [-0.15, -0.1) is 23.1 Å². The fourth-order valence-corrected chi connectivity index (χ4v) is 4.01. The standard InChI is InChI=1S/C21H19NO3S2/c1-3-25-21(24)19-17(13-18(27-19)14-8-5-4-6-9-14)22-20(23)15-10-7-11-16(12-15)26-2/h4-13H,3H2,1-2H3,(H,22,23). The molecule has 0 bridgehead atoms. The molecule has 27 heavy (non-hydrogen) atoms. The van der Waals surface area contributed by atoms with E-state index in [0.717, 1.165) is 15.3 Å². The van der Waals surface area contributed by atoms with E-state index < -0.39 is 5.97 Å². The highest BCUT2D eigenvalue weighted by Gasteiger charge is 2.20. The predicted octanol–water partition coefficient (Wildman–Crippen LogP) is 5.57. The van der Waals surface area contributed by atoms with Gasteiger partial charge in [-0.3, -0.25) is 4.79 Å². The van der Waals surface area contributed by atoms with Gasteiger partial charge in [0.05, 0.1) is 12.3 Å². The number of hydrogen-bond acceptors (Lipinski definition) is 5. The number of anilines is 1. The molecule has 3 aromatic rings. The van der Waals surface area contributed by atoms with Crippen molar-refractivity contribution < 1.29 is 14.3 Å². The van der Waals surface area contributed by atoms with E-state index in [0.29, 0.717) is 16.1 Å². The van der Waals surface area contributed by atoms with Gasteiger partial charge in [0.25, 0.3) is 5.91 Å². The van der Waals surface area contributed by atoms with E-state index in [4.69, 9.17) is 4.74 Å². The Labute approximate surface area is 166 Å². The lowest BCUT2D eigenvalue weighted by atomic mass is 10.2. The Morgan fingerprint density at radius 3 is 2.56 bits per heavy atom. The van der Waals surface area contributed by atoms with Crippen LogP contribution in [-0.2, 0) is 4.74 Å². The van der Waals surface area contributed by atoms with E-state index in [1.807, 2.05) is 60.9 Å². The highest BCUT2D eigenvalue weighted by molar-refractivity contribution is 7.98. The third-order valence-corrected chi connectivity index (χ3v) is 5.72. The molecule has 0 spiro atoms. The molecule has 4 nitrogen and oxygen atoms in total. The third kappa shape index (κ3) is 4.59. The topological polar surface area (TPSA) is 55.4 Å². The molecule has 1 N–H and O–H groups in total. The maximum atomic E-state index is 12.7. The number of carbonyl (C=O) groups excluding carboxylic acids is 2. The molecular weight excluding hydrogens is 378 g/mol. The zero-order valence-electron chi connectivity index (χ0n) is 15.0. The zero-order chi connectivity index (χ0) is 19.2. The number of amides is 1. The van der Waals surface area contributed by atoms with Crippen molar-refractivity contribution in [2.45, 2.75) is 11.8 Å². The molecule has 2 aromatic carbocycles. The summed E-state index contributed by atoms with van der Waals surface area (Å²) in [4.78, 5) is 27.3. The van der Waals surface area contributed by atoms with Gasteiger partial charge in [-0.2, -0.15) is 0 Å². The number of carbonyl (C=O) groups is 2. The van der Waals surface area contributed by atoms with Crippen molar-refractivity contribution in [2.24, 2.45) is 0 Å². The molecule has 0 saturated carbocycles. The second-order valence-corrected chi connectivity index (χ2v) is 7.56. The first kappa shape index (κ1) is 19.2. The molecule has 1 amide bonds. The Morgan fingerprint density at radius 1 is 1.07 bits per heavy atom. The summed E-state index contributed by atoms with van der Waals surface area (Å²) >= 11 is 2.88. The smallest absolute Gasteiger partial charge is 0.350 e. The molecule has 0 saturated heterocycles. The molecule has 1 heterocycles.